The molecule has 0 bridgehead atoms. The topological polar surface area (TPSA) is 149 Å². The number of aliphatic hydroxyl groups excluding tert-OH is 6. The van der Waals surface area contributed by atoms with Crippen LogP contribution in [-0.2, 0) is 14.2 Å². The van der Waals surface area contributed by atoms with Gasteiger partial charge in [0.25, 0.3) is 0 Å². The van der Waals surface area contributed by atoms with Crippen LogP contribution in [0, 0.1) is 0 Å². The lowest BCUT2D eigenvalue weighted by Gasteiger charge is -2.40. The molecule has 0 aliphatic carbocycles. The summed E-state index contributed by atoms with van der Waals surface area (Å²) in [4.78, 5) is 0. The van der Waals surface area contributed by atoms with Gasteiger partial charge in [-0.2, -0.15) is 0 Å². The van der Waals surface area contributed by atoms with Gasteiger partial charge < -0.3 is 44.8 Å². The van der Waals surface area contributed by atoms with Gasteiger partial charge in [-0.15, -0.1) is 0 Å². The molecule has 2 fully saturated rings. The van der Waals surface area contributed by atoms with Crippen LogP contribution in [0.1, 0.15) is 6.92 Å². The van der Waals surface area contributed by atoms with Crippen LogP contribution in [0.5, 0.6) is 0 Å². The summed E-state index contributed by atoms with van der Waals surface area (Å²) in [6, 6.07) is 0. The molecule has 2 aliphatic heterocycles. The van der Waals surface area contributed by atoms with Crippen LogP contribution >= 0.6 is 0 Å². The lowest BCUT2D eigenvalue weighted by atomic mass is 9.99. The Balaban J connectivity index is 2.02. The average Bonchev–Trinajstić information content (AvgIpc) is 2.68. The first kappa shape index (κ1) is 16.0. The maximum atomic E-state index is 9.85. The first-order valence-electron chi connectivity index (χ1n) is 6.34. The lowest BCUT2D eigenvalue weighted by molar-refractivity contribution is -0.313. The lowest BCUT2D eigenvalue weighted by Crippen LogP contribution is -2.58. The van der Waals surface area contributed by atoms with E-state index in [1.807, 2.05) is 0 Å². The summed E-state index contributed by atoms with van der Waals surface area (Å²) in [7, 11) is 0. The predicted molar refractivity (Wildman–Crippen MR) is 61.2 cm³/mol. The van der Waals surface area contributed by atoms with Crippen molar-refractivity contribution in [2.75, 3.05) is 6.61 Å². The Morgan fingerprint density at radius 3 is 2.10 bits per heavy atom. The van der Waals surface area contributed by atoms with E-state index >= 15 is 0 Å². The Hall–Kier alpha value is -0.360. The molecule has 0 spiro atoms. The maximum Gasteiger partial charge on any atom is 0.187 e. The molecule has 9 nitrogen and oxygen atoms in total. The molecule has 9 atom stereocenters. The number of aliphatic hydroxyl groups is 6. The third-order valence-corrected chi connectivity index (χ3v) is 3.59. The zero-order valence-electron chi connectivity index (χ0n) is 10.8. The minimum Gasteiger partial charge on any atom is -0.394 e. The summed E-state index contributed by atoms with van der Waals surface area (Å²) < 4.78 is 15.4. The van der Waals surface area contributed by atoms with Gasteiger partial charge >= 0.3 is 0 Å². The molecule has 9 heteroatoms. The predicted octanol–water partition coefficient (Wildman–Crippen LogP) is -3.73. The van der Waals surface area contributed by atoms with Gasteiger partial charge in [-0.3, -0.25) is 0 Å². The molecule has 0 aromatic rings. The van der Waals surface area contributed by atoms with Crippen molar-refractivity contribution in [3.05, 3.63) is 0 Å². The van der Waals surface area contributed by atoms with E-state index in [1.54, 1.807) is 0 Å². The molecular weight excluding hydrogens is 276 g/mol. The number of rotatable bonds is 3. The van der Waals surface area contributed by atoms with Crippen LogP contribution in [0.25, 0.3) is 0 Å². The SMILES string of the molecule is C[C@H]1O[C@@H](O)[C@@H](O)[C@@H](O)[C@@H]1O[C@@H]1O[C@@H](CO)[C@H](O)[C@H]1O. The van der Waals surface area contributed by atoms with Crippen molar-refractivity contribution in [2.24, 2.45) is 0 Å². The van der Waals surface area contributed by atoms with Gasteiger partial charge in [0.2, 0.25) is 0 Å². The van der Waals surface area contributed by atoms with Gasteiger partial charge in [0.15, 0.2) is 12.6 Å². The Labute approximate surface area is 114 Å². The summed E-state index contributed by atoms with van der Waals surface area (Å²) >= 11 is 0. The molecule has 6 N–H and O–H groups in total. The van der Waals surface area contributed by atoms with Gasteiger partial charge in [-0.1, -0.05) is 0 Å². The second-order valence-corrected chi connectivity index (χ2v) is 5.02. The summed E-state index contributed by atoms with van der Waals surface area (Å²) in [6.45, 7) is 1.00. The fourth-order valence-corrected chi connectivity index (χ4v) is 2.34. The Kier molecular flexibility index (Phi) is 4.95. The molecule has 20 heavy (non-hydrogen) atoms. The largest absolute Gasteiger partial charge is 0.394 e. The summed E-state index contributed by atoms with van der Waals surface area (Å²) in [5.41, 5.74) is 0. The second kappa shape index (κ2) is 6.18. The first-order valence-corrected chi connectivity index (χ1v) is 6.34. The molecule has 2 aliphatic rings. The van der Waals surface area contributed by atoms with Crippen molar-refractivity contribution in [3.8, 4) is 0 Å². The first-order chi connectivity index (χ1) is 9.36. The van der Waals surface area contributed by atoms with Gasteiger partial charge in [-0.25, -0.2) is 0 Å². The van der Waals surface area contributed by atoms with Gasteiger partial charge in [0.05, 0.1) is 12.7 Å². The molecule has 0 aromatic carbocycles. The minimum absolute atomic E-state index is 0.501. The molecule has 2 saturated heterocycles. The maximum absolute atomic E-state index is 9.85. The highest BCUT2D eigenvalue weighted by Gasteiger charge is 2.49. The minimum atomic E-state index is -1.56. The van der Waals surface area contributed by atoms with E-state index in [1.165, 1.54) is 6.92 Å². The molecule has 0 amide bonds. The van der Waals surface area contributed by atoms with Crippen molar-refractivity contribution in [3.63, 3.8) is 0 Å². The van der Waals surface area contributed by atoms with Gasteiger partial charge in [-0.05, 0) is 6.92 Å². The standard InChI is InChI=1S/C11H20O9/c1-3-9(6(14)7(15)10(17)18-3)20-11-8(16)5(13)4(2-12)19-11/h3-17H,2H2,1H3/t3-,4+,5+,6-,7+,8-,9-,10-,11+/m1/s1. The monoisotopic (exact) mass is 296 g/mol. The van der Waals surface area contributed by atoms with Crippen molar-refractivity contribution in [2.45, 2.75) is 62.2 Å². The molecule has 0 aromatic heterocycles. The fourth-order valence-electron chi connectivity index (χ4n) is 2.34. The molecule has 2 heterocycles. The smallest absolute Gasteiger partial charge is 0.187 e. The fraction of sp³-hybridized carbons (Fsp3) is 1.00. The third-order valence-electron chi connectivity index (χ3n) is 3.59. The van der Waals surface area contributed by atoms with Crippen molar-refractivity contribution < 1.29 is 44.8 Å². The third kappa shape index (κ3) is 2.82. The summed E-state index contributed by atoms with van der Waals surface area (Å²) in [5, 5.41) is 57.0. The van der Waals surface area contributed by atoms with Crippen LogP contribution < -0.4 is 0 Å². The molecule has 2 rings (SSSR count). The van der Waals surface area contributed by atoms with E-state index in [0.29, 0.717) is 0 Å². The van der Waals surface area contributed by atoms with Crippen LogP contribution in [0.3, 0.4) is 0 Å². The van der Waals surface area contributed by atoms with E-state index < -0.39 is 61.9 Å². The average molecular weight is 296 g/mol. The summed E-state index contributed by atoms with van der Waals surface area (Å²) in [6.07, 6.45) is -11.4. The van der Waals surface area contributed by atoms with Crippen LogP contribution in [0.4, 0.5) is 0 Å². The molecule has 0 radical (unpaired) electrons. The quantitative estimate of drug-likeness (QED) is 0.309. The van der Waals surface area contributed by atoms with Gasteiger partial charge in [0.1, 0.15) is 36.6 Å². The molecular formula is C11H20O9. The second-order valence-electron chi connectivity index (χ2n) is 5.02. The molecule has 118 valence electrons. The van der Waals surface area contributed by atoms with Crippen molar-refractivity contribution in [1.29, 1.82) is 0 Å². The molecule has 0 unspecified atom stereocenters. The van der Waals surface area contributed by atoms with E-state index in [-0.39, 0.29) is 0 Å². The highest BCUT2D eigenvalue weighted by atomic mass is 16.7. The van der Waals surface area contributed by atoms with Crippen molar-refractivity contribution in [1.82, 2.24) is 0 Å². The number of hydrogen-bond donors (Lipinski definition) is 6. The molecule has 0 saturated carbocycles. The van der Waals surface area contributed by atoms with Crippen molar-refractivity contribution >= 4 is 0 Å². The van der Waals surface area contributed by atoms with Crippen LogP contribution in [0.2, 0.25) is 0 Å². The Bertz CT molecular complexity index is 327. The number of ether oxygens (including phenoxy) is 3. The zero-order valence-corrected chi connectivity index (χ0v) is 10.8. The van der Waals surface area contributed by atoms with E-state index in [2.05, 4.69) is 0 Å². The zero-order chi connectivity index (χ0) is 15.0. The van der Waals surface area contributed by atoms with Gasteiger partial charge in [0, 0.05) is 0 Å². The highest BCUT2D eigenvalue weighted by molar-refractivity contribution is 4.91. The van der Waals surface area contributed by atoms with E-state index in [0.717, 1.165) is 0 Å². The summed E-state index contributed by atoms with van der Waals surface area (Å²) in [5.74, 6) is 0. The highest BCUT2D eigenvalue weighted by Crippen LogP contribution is 2.28. The number of hydrogen-bond acceptors (Lipinski definition) is 9. The normalized spacial score (nSPS) is 53.2. The van der Waals surface area contributed by atoms with E-state index in [9.17, 15) is 25.5 Å². The van der Waals surface area contributed by atoms with E-state index in [4.69, 9.17) is 19.3 Å². The Morgan fingerprint density at radius 2 is 1.55 bits per heavy atom. The van der Waals surface area contributed by atoms with Crippen LogP contribution in [-0.4, -0.2) is 92.6 Å². The van der Waals surface area contributed by atoms with Crippen LogP contribution in [0.15, 0.2) is 0 Å². The Morgan fingerprint density at radius 1 is 0.900 bits per heavy atom.